The predicted octanol–water partition coefficient (Wildman–Crippen LogP) is 4.20. The van der Waals surface area contributed by atoms with Gasteiger partial charge in [-0.15, -0.1) is 0 Å². The van der Waals surface area contributed by atoms with Gasteiger partial charge in [-0.2, -0.15) is 0 Å². The number of nitrogens with one attached hydrogen (secondary N) is 1. The van der Waals surface area contributed by atoms with Crippen LogP contribution in [0.4, 0.5) is 5.69 Å². The second-order valence-corrected chi connectivity index (χ2v) is 6.69. The van der Waals surface area contributed by atoms with Crippen LogP contribution in [0.15, 0.2) is 34.8 Å². The second-order valence-electron chi connectivity index (χ2n) is 5.84. The number of rotatable bonds is 7. The summed E-state index contributed by atoms with van der Waals surface area (Å²) in [5, 5.41) is 2.91. The Kier molecular flexibility index (Phi) is 6.45. The number of amides is 1. The standard InChI is InChI=1S/C20H22BrNO5/c1-3-24-14-5-6-17(25-4-2)16(11-14)22-20(23)10-13-9-18-19(12-15(13)21)27-8-7-26-18/h5-6,9,11-12H,3-4,7-8,10H2,1-2H3,(H,22,23). The van der Waals surface area contributed by atoms with Crippen LogP contribution in [0.1, 0.15) is 19.4 Å². The van der Waals surface area contributed by atoms with Gasteiger partial charge in [0.05, 0.1) is 25.3 Å². The molecule has 6 nitrogen and oxygen atoms in total. The van der Waals surface area contributed by atoms with Crippen LogP contribution in [-0.4, -0.2) is 32.3 Å². The monoisotopic (exact) mass is 435 g/mol. The van der Waals surface area contributed by atoms with Crippen molar-refractivity contribution in [3.8, 4) is 23.0 Å². The molecule has 2 aromatic rings. The number of anilines is 1. The minimum Gasteiger partial charge on any atom is -0.494 e. The van der Waals surface area contributed by atoms with E-state index in [2.05, 4.69) is 21.2 Å². The molecule has 0 radical (unpaired) electrons. The first-order chi connectivity index (χ1) is 13.1. The van der Waals surface area contributed by atoms with Gasteiger partial charge in [0.25, 0.3) is 0 Å². The van der Waals surface area contributed by atoms with E-state index in [1.54, 1.807) is 12.1 Å². The third-order valence-electron chi connectivity index (χ3n) is 3.90. The molecule has 0 saturated carbocycles. The molecule has 0 aromatic heterocycles. The SMILES string of the molecule is CCOc1ccc(OCC)c(NC(=O)Cc2cc3c(cc2Br)OCCO3)c1. The quantitative estimate of drug-likeness (QED) is 0.705. The zero-order valence-electron chi connectivity index (χ0n) is 15.3. The number of hydrogen-bond acceptors (Lipinski definition) is 5. The molecule has 1 heterocycles. The van der Waals surface area contributed by atoms with Gasteiger partial charge in [0.2, 0.25) is 5.91 Å². The highest BCUT2D eigenvalue weighted by Gasteiger charge is 2.17. The van der Waals surface area contributed by atoms with E-state index in [1.807, 2.05) is 32.0 Å². The first-order valence-electron chi connectivity index (χ1n) is 8.88. The van der Waals surface area contributed by atoms with E-state index in [9.17, 15) is 4.79 Å². The Morgan fingerprint density at radius 2 is 1.78 bits per heavy atom. The third kappa shape index (κ3) is 4.86. The van der Waals surface area contributed by atoms with Crippen molar-refractivity contribution in [1.82, 2.24) is 0 Å². The van der Waals surface area contributed by atoms with Crippen molar-refractivity contribution >= 4 is 27.5 Å². The minimum absolute atomic E-state index is 0.165. The van der Waals surface area contributed by atoms with E-state index < -0.39 is 0 Å². The lowest BCUT2D eigenvalue weighted by atomic mass is 10.1. The van der Waals surface area contributed by atoms with E-state index in [0.29, 0.717) is 55.1 Å². The van der Waals surface area contributed by atoms with E-state index in [4.69, 9.17) is 18.9 Å². The summed E-state index contributed by atoms with van der Waals surface area (Å²) in [5.41, 5.74) is 1.40. The van der Waals surface area contributed by atoms with Gasteiger partial charge in [-0.1, -0.05) is 15.9 Å². The number of ether oxygens (including phenoxy) is 4. The minimum atomic E-state index is -0.165. The Morgan fingerprint density at radius 3 is 2.48 bits per heavy atom. The Balaban J connectivity index is 1.76. The summed E-state index contributed by atoms with van der Waals surface area (Å²) < 4.78 is 23.1. The zero-order chi connectivity index (χ0) is 19.2. The average molecular weight is 436 g/mol. The Morgan fingerprint density at radius 1 is 1.07 bits per heavy atom. The van der Waals surface area contributed by atoms with Crippen LogP contribution in [0.5, 0.6) is 23.0 Å². The van der Waals surface area contributed by atoms with E-state index in [1.165, 1.54) is 0 Å². The van der Waals surface area contributed by atoms with E-state index >= 15 is 0 Å². The van der Waals surface area contributed by atoms with E-state index in [0.717, 1.165) is 10.0 Å². The molecule has 7 heteroatoms. The van der Waals surface area contributed by atoms with Crippen LogP contribution in [0.2, 0.25) is 0 Å². The Labute approximate surface area is 166 Å². The van der Waals surface area contributed by atoms with Crippen molar-refractivity contribution in [2.75, 3.05) is 31.7 Å². The summed E-state index contributed by atoms with van der Waals surface area (Å²) in [6.07, 6.45) is 0.182. The van der Waals surface area contributed by atoms with Gasteiger partial charge in [-0.25, -0.2) is 0 Å². The fourth-order valence-electron chi connectivity index (χ4n) is 2.75. The molecular weight excluding hydrogens is 414 g/mol. The lowest BCUT2D eigenvalue weighted by Gasteiger charge is -2.20. The van der Waals surface area contributed by atoms with Gasteiger partial charge in [0.1, 0.15) is 24.7 Å². The molecule has 1 amide bonds. The highest BCUT2D eigenvalue weighted by atomic mass is 79.9. The topological polar surface area (TPSA) is 66.0 Å². The highest BCUT2D eigenvalue weighted by molar-refractivity contribution is 9.10. The van der Waals surface area contributed by atoms with Crippen molar-refractivity contribution in [3.63, 3.8) is 0 Å². The van der Waals surface area contributed by atoms with Crippen molar-refractivity contribution in [3.05, 3.63) is 40.4 Å². The maximum atomic E-state index is 12.6. The largest absolute Gasteiger partial charge is 0.494 e. The maximum Gasteiger partial charge on any atom is 0.228 e. The van der Waals surface area contributed by atoms with Gasteiger partial charge in [0, 0.05) is 10.5 Å². The van der Waals surface area contributed by atoms with Crippen molar-refractivity contribution in [2.45, 2.75) is 20.3 Å². The molecule has 2 aromatic carbocycles. The van der Waals surface area contributed by atoms with Crippen LogP contribution in [-0.2, 0) is 11.2 Å². The Hall–Kier alpha value is -2.41. The van der Waals surface area contributed by atoms with Crippen LogP contribution >= 0.6 is 15.9 Å². The van der Waals surface area contributed by atoms with Crippen molar-refractivity contribution in [2.24, 2.45) is 0 Å². The number of carbonyl (C=O) groups is 1. The highest BCUT2D eigenvalue weighted by Crippen LogP contribution is 2.36. The molecule has 0 unspecified atom stereocenters. The average Bonchev–Trinajstić information content (AvgIpc) is 2.65. The summed E-state index contributed by atoms with van der Waals surface area (Å²) in [5.74, 6) is 2.45. The molecule has 0 bridgehead atoms. The first kappa shape index (κ1) is 19.4. The second kappa shape index (κ2) is 8.99. The molecule has 0 aliphatic carbocycles. The summed E-state index contributed by atoms with van der Waals surface area (Å²) in [7, 11) is 0. The number of fused-ring (bicyclic) bond motifs is 1. The van der Waals surface area contributed by atoms with Crippen LogP contribution in [0.25, 0.3) is 0 Å². The van der Waals surface area contributed by atoms with Crippen LogP contribution in [0.3, 0.4) is 0 Å². The number of halogens is 1. The molecule has 0 atom stereocenters. The number of carbonyl (C=O) groups excluding carboxylic acids is 1. The summed E-state index contributed by atoms with van der Waals surface area (Å²) in [6, 6.07) is 9.05. The fraction of sp³-hybridized carbons (Fsp3) is 0.350. The molecular formula is C20H22BrNO5. The zero-order valence-corrected chi connectivity index (χ0v) is 16.9. The predicted molar refractivity (Wildman–Crippen MR) is 106 cm³/mol. The molecule has 0 fully saturated rings. The molecule has 1 aliphatic heterocycles. The van der Waals surface area contributed by atoms with Gasteiger partial charge >= 0.3 is 0 Å². The fourth-order valence-corrected chi connectivity index (χ4v) is 3.22. The van der Waals surface area contributed by atoms with Crippen molar-refractivity contribution in [1.29, 1.82) is 0 Å². The third-order valence-corrected chi connectivity index (χ3v) is 4.64. The lowest BCUT2D eigenvalue weighted by molar-refractivity contribution is -0.115. The summed E-state index contributed by atoms with van der Waals surface area (Å²) in [4.78, 5) is 12.6. The molecule has 1 aliphatic rings. The Bertz CT molecular complexity index is 824. The van der Waals surface area contributed by atoms with Gasteiger partial charge < -0.3 is 24.3 Å². The number of hydrogen-bond donors (Lipinski definition) is 1. The van der Waals surface area contributed by atoms with Crippen molar-refractivity contribution < 1.29 is 23.7 Å². The number of benzene rings is 2. The first-order valence-corrected chi connectivity index (χ1v) is 9.67. The maximum absolute atomic E-state index is 12.6. The lowest BCUT2D eigenvalue weighted by Crippen LogP contribution is -2.18. The molecule has 0 spiro atoms. The molecule has 3 rings (SSSR count). The molecule has 27 heavy (non-hydrogen) atoms. The van der Waals surface area contributed by atoms with Gasteiger partial charge in [-0.3, -0.25) is 4.79 Å². The summed E-state index contributed by atoms with van der Waals surface area (Å²) >= 11 is 3.50. The van der Waals surface area contributed by atoms with Crippen LogP contribution < -0.4 is 24.3 Å². The molecule has 144 valence electrons. The van der Waals surface area contributed by atoms with Gasteiger partial charge in [-0.05, 0) is 43.7 Å². The smallest absolute Gasteiger partial charge is 0.228 e. The molecule has 0 saturated heterocycles. The van der Waals surface area contributed by atoms with Gasteiger partial charge in [0.15, 0.2) is 11.5 Å². The van der Waals surface area contributed by atoms with E-state index in [-0.39, 0.29) is 12.3 Å². The summed E-state index contributed by atoms with van der Waals surface area (Å²) in [6.45, 7) is 5.89. The normalized spacial score (nSPS) is 12.4. The molecule has 1 N–H and O–H groups in total. The van der Waals surface area contributed by atoms with Crippen LogP contribution in [0, 0.1) is 0 Å².